The van der Waals surface area contributed by atoms with E-state index in [1.54, 1.807) is 0 Å². The summed E-state index contributed by atoms with van der Waals surface area (Å²) in [7, 11) is 0. The first-order chi connectivity index (χ1) is 26.6. The van der Waals surface area contributed by atoms with Crippen LogP contribution in [0.5, 0.6) is 0 Å². The lowest BCUT2D eigenvalue weighted by atomic mass is 10.1. The zero-order valence-electron chi connectivity index (χ0n) is 35.2. The lowest BCUT2D eigenvalue weighted by Crippen LogP contribution is -2.30. The van der Waals surface area contributed by atoms with Gasteiger partial charge in [-0.1, -0.05) is 170 Å². The van der Waals surface area contributed by atoms with E-state index in [-0.39, 0.29) is 25.2 Å². The molecule has 0 aromatic carbocycles. The van der Waals surface area contributed by atoms with Crippen LogP contribution >= 0.6 is 0 Å². The zero-order valence-corrected chi connectivity index (χ0v) is 35.2. The maximum absolute atomic E-state index is 12.6. The maximum Gasteiger partial charge on any atom is 0.306 e. The van der Waals surface area contributed by atoms with Crippen LogP contribution in [0.2, 0.25) is 0 Å². The maximum atomic E-state index is 12.6. The van der Waals surface area contributed by atoms with Crippen LogP contribution in [0.3, 0.4) is 0 Å². The third kappa shape index (κ3) is 41.8. The Morgan fingerprint density at radius 1 is 0.426 bits per heavy atom. The van der Waals surface area contributed by atoms with Gasteiger partial charge in [0.2, 0.25) is 0 Å². The molecule has 0 fully saturated rings. The van der Waals surface area contributed by atoms with Crippen molar-refractivity contribution in [2.45, 2.75) is 194 Å². The summed E-state index contributed by atoms with van der Waals surface area (Å²) in [5, 5.41) is 0. The molecule has 0 saturated heterocycles. The first-order valence-electron chi connectivity index (χ1n) is 22.1. The summed E-state index contributed by atoms with van der Waals surface area (Å²) in [4.78, 5) is 25.1. The summed E-state index contributed by atoms with van der Waals surface area (Å²) < 4.78 is 17.2. The van der Waals surface area contributed by atoms with Crippen LogP contribution in [0.25, 0.3) is 0 Å². The standard InChI is InChI=1S/C49H82O5/c1-4-7-10-13-16-18-20-22-23-24-25-26-28-30-32-35-38-41-44-52-45-47(54-49(51)43-40-37-33-15-12-9-6-3)46-53-48(50)42-39-36-34-31-29-27-21-19-17-14-11-8-5-2/h7-8,10-11,16-19,22-23,25-27,29,47H,4-6,9,12-15,20-21,24,28,30-46H2,1-3H3/b10-7-,11-8-,18-16-,19-17-,23-22-,26-25-,29-27-. The van der Waals surface area contributed by atoms with E-state index in [9.17, 15) is 9.59 Å². The molecule has 0 bridgehead atoms. The second-order valence-corrected chi connectivity index (χ2v) is 14.2. The predicted molar refractivity (Wildman–Crippen MR) is 233 cm³/mol. The second kappa shape index (κ2) is 44.5. The van der Waals surface area contributed by atoms with E-state index in [2.05, 4.69) is 106 Å². The number of hydrogen-bond donors (Lipinski definition) is 0. The number of unbranched alkanes of at least 4 members (excludes halogenated alkanes) is 14. The summed E-state index contributed by atoms with van der Waals surface area (Å²) in [6.45, 7) is 7.47. The van der Waals surface area contributed by atoms with Gasteiger partial charge < -0.3 is 14.2 Å². The average molecular weight is 751 g/mol. The van der Waals surface area contributed by atoms with Crippen molar-refractivity contribution in [2.24, 2.45) is 0 Å². The molecule has 0 radical (unpaired) electrons. The molecule has 0 N–H and O–H groups in total. The molecule has 0 aliphatic carbocycles. The van der Waals surface area contributed by atoms with Crippen LogP contribution in [-0.4, -0.2) is 37.9 Å². The quantitative estimate of drug-likeness (QED) is 0.0356. The summed E-state index contributed by atoms with van der Waals surface area (Å²) in [5.41, 5.74) is 0. The largest absolute Gasteiger partial charge is 0.462 e. The Balaban J connectivity index is 4.25. The fraction of sp³-hybridized carbons (Fsp3) is 0.673. The minimum Gasteiger partial charge on any atom is -0.462 e. The van der Waals surface area contributed by atoms with E-state index in [4.69, 9.17) is 14.2 Å². The van der Waals surface area contributed by atoms with Crippen LogP contribution in [-0.2, 0) is 23.8 Å². The molecule has 0 spiro atoms. The van der Waals surface area contributed by atoms with E-state index < -0.39 is 6.10 Å². The molecule has 0 heterocycles. The first kappa shape index (κ1) is 51.1. The van der Waals surface area contributed by atoms with Crippen LogP contribution in [0.4, 0.5) is 0 Å². The average Bonchev–Trinajstić information content (AvgIpc) is 3.17. The van der Waals surface area contributed by atoms with E-state index in [1.165, 1.54) is 44.9 Å². The minimum atomic E-state index is -0.557. The zero-order chi connectivity index (χ0) is 39.3. The molecule has 54 heavy (non-hydrogen) atoms. The first-order valence-corrected chi connectivity index (χ1v) is 22.1. The highest BCUT2D eigenvalue weighted by Crippen LogP contribution is 2.12. The fourth-order valence-corrected chi connectivity index (χ4v) is 5.69. The van der Waals surface area contributed by atoms with Gasteiger partial charge in [-0.15, -0.1) is 0 Å². The highest BCUT2D eigenvalue weighted by molar-refractivity contribution is 5.70. The molecule has 0 aromatic rings. The van der Waals surface area contributed by atoms with Crippen molar-refractivity contribution >= 4 is 11.9 Å². The van der Waals surface area contributed by atoms with Gasteiger partial charge in [0.1, 0.15) is 6.61 Å². The smallest absolute Gasteiger partial charge is 0.306 e. The number of esters is 2. The number of rotatable bonds is 39. The van der Waals surface area contributed by atoms with Gasteiger partial charge in [-0.2, -0.15) is 0 Å². The number of ether oxygens (including phenoxy) is 3. The Morgan fingerprint density at radius 2 is 0.833 bits per heavy atom. The molecule has 0 aromatic heterocycles. The van der Waals surface area contributed by atoms with E-state index in [0.717, 1.165) is 109 Å². The topological polar surface area (TPSA) is 61.8 Å². The van der Waals surface area contributed by atoms with E-state index >= 15 is 0 Å². The van der Waals surface area contributed by atoms with E-state index in [1.807, 2.05) is 0 Å². The van der Waals surface area contributed by atoms with Crippen LogP contribution in [0, 0.1) is 0 Å². The molecule has 0 aliphatic rings. The van der Waals surface area contributed by atoms with Crippen molar-refractivity contribution in [1.82, 2.24) is 0 Å². The predicted octanol–water partition coefficient (Wildman–Crippen LogP) is 14.6. The molecule has 1 unspecified atom stereocenters. The fourth-order valence-electron chi connectivity index (χ4n) is 5.69. The normalized spacial score (nSPS) is 13.0. The Hall–Kier alpha value is -2.92. The van der Waals surface area contributed by atoms with Gasteiger partial charge >= 0.3 is 11.9 Å². The van der Waals surface area contributed by atoms with Crippen molar-refractivity contribution in [2.75, 3.05) is 19.8 Å². The van der Waals surface area contributed by atoms with Gasteiger partial charge in [0.25, 0.3) is 0 Å². The van der Waals surface area contributed by atoms with Gasteiger partial charge in [-0.3, -0.25) is 9.59 Å². The monoisotopic (exact) mass is 751 g/mol. The minimum absolute atomic E-state index is 0.0589. The van der Waals surface area contributed by atoms with Gasteiger partial charge in [-0.05, 0) is 89.9 Å². The number of allylic oxidation sites excluding steroid dienone is 14. The Labute approximate surface area is 333 Å². The van der Waals surface area contributed by atoms with Gasteiger partial charge in [0, 0.05) is 19.4 Å². The molecule has 0 amide bonds. The lowest BCUT2D eigenvalue weighted by molar-refractivity contribution is -0.163. The Morgan fingerprint density at radius 3 is 1.35 bits per heavy atom. The van der Waals surface area contributed by atoms with Gasteiger partial charge in [0.15, 0.2) is 6.10 Å². The molecule has 5 heteroatoms. The van der Waals surface area contributed by atoms with Gasteiger partial charge in [0.05, 0.1) is 6.61 Å². The van der Waals surface area contributed by atoms with Crippen LogP contribution in [0.1, 0.15) is 188 Å². The van der Waals surface area contributed by atoms with Crippen molar-refractivity contribution in [3.63, 3.8) is 0 Å². The molecule has 308 valence electrons. The van der Waals surface area contributed by atoms with Crippen LogP contribution < -0.4 is 0 Å². The Bertz CT molecular complexity index is 1030. The Kier molecular flexibility index (Phi) is 42.1. The molecule has 0 rings (SSSR count). The number of carbonyl (C=O) groups is 2. The van der Waals surface area contributed by atoms with Crippen molar-refractivity contribution in [3.05, 3.63) is 85.1 Å². The third-order valence-electron chi connectivity index (χ3n) is 8.93. The van der Waals surface area contributed by atoms with Crippen molar-refractivity contribution in [3.8, 4) is 0 Å². The molecule has 0 saturated carbocycles. The highest BCUT2D eigenvalue weighted by Gasteiger charge is 2.17. The summed E-state index contributed by atoms with van der Waals surface area (Å²) in [6.07, 6.45) is 57.4. The third-order valence-corrected chi connectivity index (χ3v) is 8.93. The number of hydrogen-bond acceptors (Lipinski definition) is 5. The van der Waals surface area contributed by atoms with Crippen molar-refractivity contribution < 1.29 is 23.8 Å². The molecule has 0 aliphatic heterocycles. The molecule has 1 atom stereocenters. The molecule has 5 nitrogen and oxygen atoms in total. The molecular formula is C49H82O5. The van der Waals surface area contributed by atoms with E-state index in [0.29, 0.717) is 19.4 Å². The highest BCUT2D eigenvalue weighted by atomic mass is 16.6. The summed E-state index contributed by atoms with van der Waals surface area (Å²) in [6, 6.07) is 0. The SMILES string of the molecule is CC/C=C\C/C=C\C/C=C\C/C=C\CCCCCCCOCC(COC(=O)CCCCC/C=C\C/C=C\C/C=C\CC)OC(=O)CCCCCCCCC. The van der Waals surface area contributed by atoms with Gasteiger partial charge in [-0.25, -0.2) is 0 Å². The lowest BCUT2D eigenvalue weighted by Gasteiger charge is -2.18. The number of carbonyl (C=O) groups excluding carboxylic acids is 2. The molecular weight excluding hydrogens is 669 g/mol. The summed E-state index contributed by atoms with van der Waals surface area (Å²) in [5.74, 6) is -0.454. The summed E-state index contributed by atoms with van der Waals surface area (Å²) >= 11 is 0. The van der Waals surface area contributed by atoms with Crippen LogP contribution in [0.15, 0.2) is 85.1 Å². The second-order valence-electron chi connectivity index (χ2n) is 14.2. The van der Waals surface area contributed by atoms with Crippen molar-refractivity contribution in [1.29, 1.82) is 0 Å².